The van der Waals surface area contributed by atoms with Crippen molar-refractivity contribution in [3.05, 3.63) is 35.9 Å². The highest BCUT2D eigenvalue weighted by Crippen LogP contribution is 2.68. The number of para-hydroxylation sites is 1. The lowest BCUT2D eigenvalue weighted by Gasteiger charge is -2.62. The van der Waals surface area contributed by atoms with Crippen LogP contribution in [0.1, 0.15) is 90.5 Å². The molecule has 0 unspecified atom stereocenters. The van der Waals surface area contributed by atoms with E-state index in [0.717, 1.165) is 32.1 Å². The van der Waals surface area contributed by atoms with Crippen molar-refractivity contribution in [1.29, 1.82) is 0 Å². The van der Waals surface area contributed by atoms with Gasteiger partial charge in [-0.05, 0) is 116 Å². The summed E-state index contributed by atoms with van der Waals surface area (Å²) in [5, 5.41) is 31.8. The van der Waals surface area contributed by atoms with Crippen molar-refractivity contribution in [2.45, 2.75) is 97.2 Å². The number of carbonyl (C=O) groups is 2. The standard InChI is InChI=1S/C37H54N2O5/c1-24(8-12-33(43)38-18-20-39(21-19-38)34(44)13-9-25-6-4-5-7-31(25)41)28-10-11-29-35-30(15-17-37(28,29)3)36(2)16-14-27(40)22-26(36)23-32(35)42/h4-7,9,13,24,26-30,32,35,40-42H,8,10-12,14-23H2,1-3H3/b13-9+/t24-,26+,27-,28-,29+,30+,32+,35+,36+,37-/m1/s1. The van der Waals surface area contributed by atoms with Crippen LogP contribution < -0.4 is 0 Å². The van der Waals surface area contributed by atoms with Crippen molar-refractivity contribution in [2.24, 2.45) is 46.3 Å². The molecule has 6 rings (SSSR count). The number of hydrogen-bond acceptors (Lipinski definition) is 5. The molecule has 242 valence electrons. The minimum absolute atomic E-state index is 0.0959. The second-order valence-electron chi connectivity index (χ2n) is 15.6. The van der Waals surface area contributed by atoms with Crippen LogP contribution in [-0.4, -0.2) is 75.3 Å². The van der Waals surface area contributed by atoms with Crippen molar-refractivity contribution in [3.63, 3.8) is 0 Å². The maximum atomic E-state index is 13.3. The fourth-order valence-electron chi connectivity index (χ4n) is 11.0. The first-order chi connectivity index (χ1) is 21.0. The molecular weight excluding hydrogens is 552 g/mol. The van der Waals surface area contributed by atoms with E-state index in [0.29, 0.717) is 73.7 Å². The molecule has 0 aromatic heterocycles. The summed E-state index contributed by atoms with van der Waals surface area (Å²) in [5.41, 5.74) is 1.08. The van der Waals surface area contributed by atoms with Gasteiger partial charge in [-0.2, -0.15) is 0 Å². The molecule has 1 aliphatic heterocycles. The molecule has 5 aliphatic rings. The fourth-order valence-corrected chi connectivity index (χ4v) is 11.0. The average Bonchev–Trinajstić information content (AvgIpc) is 3.37. The summed E-state index contributed by atoms with van der Waals surface area (Å²) >= 11 is 0. The van der Waals surface area contributed by atoms with Crippen molar-refractivity contribution < 1.29 is 24.9 Å². The van der Waals surface area contributed by atoms with Gasteiger partial charge >= 0.3 is 0 Å². The van der Waals surface area contributed by atoms with E-state index in [4.69, 9.17) is 0 Å². The number of carbonyl (C=O) groups excluding carboxylic acids is 2. The SMILES string of the molecule is C[C@H](CCC(=O)N1CCN(C(=O)/C=C/c2ccccc2O)CC1)[C@H]1CC[C@H]2[C@@H]3[C@@H](O)C[C@@H]4C[C@H](O)CC[C@]4(C)[C@H]3CC[C@]12C. The number of piperazine rings is 1. The molecule has 4 saturated carbocycles. The van der Waals surface area contributed by atoms with E-state index in [9.17, 15) is 24.9 Å². The Hall–Kier alpha value is -2.38. The Kier molecular flexibility index (Phi) is 8.93. The minimum Gasteiger partial charge on any atom is -0.507 e. The van der Waals surface area contributed by atoms with Gasteiger partial charge in [-0.25, -0.2) is 0 Å². The zero-order valence-corrected chi connectivity index (χ0v) is 27.0. The van der Waals surface area contributed by atoms with Gasteiger partial charge in [0.15, 0.2) is 0 Å². The van der Waals surface area contributed by atoms with Crippen LogP contribution in [0, 0.1) is 46.3 Å². The Labute approximate surface area is 263 Å². The molecule has 10 atom stereocenters. The van der Waals surface area contributed by atoms with Gasteiger partial charge in [0.1, 0.15) is 5.75 Å². The summed E-state index contributed by atoms with van der Waals surface area (Å²) in [5.74, 6) is 3.21. The van der Waals surface area contributed by atoms with Crippen LogP contribution in [-0.2, 0) is 9.59 Å². The van der Waals surface area contributed by atoms with Crippen LogP contribution in [0.15, 0.2) is 30.3 Å². The number of rotatable bonds is 6. The summed E-state index contributed by atoms with van der Waals surface area (Å²) in [4.78, 5) is 29.7. The number of aromatic hydroxyl groups is 1. The van der Waals surface area contributed by atoms with Crippen molar-refractivity contribution >= 4 is 17.9 Å². The first-order valence-corrected chi connectivity index (χ1v) is 17.4. The minimum atomic E-state index is -0.254. The molecule has 0 radical (unpaired) electrons. The molecule has 1 aromatic rings. The van der Waals surface area contributed by atoms with E-state index in [1.807, 2.05) is 11.0 Å². The molecule has 1 aromatic carbocycles. The third kappa shape index (κ3) is 5.72. The number of fused-ring (bicyclic) bond motifs is 5. The molecule has 4 aliphatic carbocycles. The molecule has 44 heavy (non-hydrogen) atoms. The lowest BCUT2D eigenvalue weighted by molar-refractivity contribution is -0.174. The van der Waals surface area contributed by atoms with Gasteiger partial charge in [0.25, 0.3) is 0 Å². The molecule has 7 heteroatoms. The van der Waals surface area contributed by atoms with E-state index >= 15 is 0 Å². The Morgan fingerprint density at radius 2 is 1.61 bits per heavy atom. The van der Waals surface area contributed by atoms with E-state index < -0.39 is 0 Å². The molecule has 3 N–H and O–H groups in total. The van der Waals surface area contributed by atoms with Crippen LogP contribution in [0.2, 0.25) is 0 Å². The third-order valence-corrected chi connectivity index (χ3v) is 13.5. The Morgan fingerprint density at radius 3 is 2.36 bits per heavy atom. The molecule has 7 nitrogen and oxygen atoms in total. The molecule has 1 saturated heterocycles. The van der Waals surface area contributed by atoms with E-state index in [1.165, 1.54) is 31.8 Å². The Bertz CT molecular complexity index is 1240. The molecule has 2 amide bonds. The van der Waals surface area contributed by atoms with Gasteiger partial charge in [0, 0.05) is 44.2 Å². The molecule has 0 spiro atoms. The maximum Gasteiger partial charge on any atom is 0.246 e. The number of phenolic OH excluding ortho intramolecular Hbond substituents is 1. The predicted octanol–water partition coefficient (Wildman–Crippen LogP) is 5.48. The zero-order chi connectivity index (χ0) is 31.2. The van der Waals surface area contributed by atoms with Gasteiger partial charge in [-0.15, -0.1) is 0 Å². The van der Waals surface area contributed by atoms with Gasteiger partial charge in [0.05, 0.1) is 12.2 Å². The maximum absolute atomic E-state index is 13.3. The highest BCUT2D eigenvalue weighted by atomic mass is 16.3. The van der Waals surface area contributed by atoms with E-state index in [-0.39, 0.29) is 40.6 Å². The first-order valence-electron chi connectivity index (χ1n) is 17.4. The number of nitrogens with zero attached hydrogens (tertiary/aromatic N) is 2. The van der Waals surface area contributed by atoms with Crippen molar-refractivity contribution in [1.82, 2.24) is 9.80 Å². The second kappa shape index (κ2) is 12.4. The average molecular weight is 607 g/mol. The summed E-state index contributed by atoms with van der Waals surface area (Å²) in [6.45, 7) is 9.49. The Morgan fingerprint density at radius 1 is 0.932 bits per heavy atom. The predicted molar refractivity (Wildman–Crippen MR) is 171 cm³/mol. The monoisotopic (exact) mass is 606 g/mol. The van der Waals surface area contributed by atoms with Crippen LogP contribution in [0.5, 0.6) is 5.75 Å². The topological polar surface area (TPSA) is 101 Å². The highest BCUT2D eigenvalue weighted by Gasteiger charge is 2.62. The van der Waals surface area contributed by atoms with Gasteiger partial charge in [-0.1, -0.05) is 39.0 Å². The zero-order valence-electron chi connectivity index (χ0n) is 27.0. The molecule has 0 bridgehead atoms. The van der Waals surface area contributed by atoms with Crippen LogP contribution in [0.4, 0.5) is 0 Å². The largest absolute Gasteiger partial charge is 0.507 e. The summed E-state index contributed by atoms with van der Waals surface area (Å²) < 4.78 is 0. The fraction of sp³-hybridized carbons (Fsp3) is 0.730. The third-order valence-electron chi connectivity index (χ3n) is 13.5. The van der Waals surface area contributed by atoms with E-state index in [1.54, 1.807) is 29.2 Å². The van der Waals surface area contributed by atoms with Crippen molar-refractivity contribution in [2.75, 3.05) is 26.2 Å². The number of aliphatic hydroxyl groups is 2. The summed E-state index contributed by atoms with van der Waals surface area (Å²) in [7, 11) is 0. The number of amides is 2. The van der Waals surface area contributed by atoms with Crippen LogP contribution >= 0.6 is 0 Å². The number of benzene rings is 1. The van der Waals surface area contributed by atoms with E-state index in [2.05, 4.69) is 20.8 Å². The smallest absolute Gasteiger partial charge is 0.246 e. The molecular formula is C37H54N2O5. The quantitative estimate of drug-likeness (QED) is 0.372. The number of phenols is 1. The highest BCUT2D eigenvalue weighted by molar-refractivity contribution is 5.92. The van der Waals surface area contributed by atoms with Gasteiger partial charge in [-0.3, -0.25) is 9.59 Å². The van der Waals surface area contributed by atoms with Crippen molar-refractivity contribution in [3.8, 4) is 5.75 Å². The summed E-state index contributed by atoms with van der Waals surface area (Å²) in [6, 6.07) is 6.95. The van der Waals surface area contributed by atoms with Crippen LogP contribution in [0.3, 0.4) is 0 Å². The normalized spacial score (nSPS) is 39.4. The molecule has 1 heterocycles. The number of aliphatic hydroxyl groups excluding tert-OH is 2. The lowest BCUT2D eigenvalue weighted by Crippen LogP contribution is -2.58. The van der Waals surface area contributed by atoms with Gasteiger partial charge in [0.2, 0.25) is 11.8 Å². The number of hydrogen-bond donors (Lipinski definition) is 3. The van der Waals surface area contributed by atoms with Crippen LogP contribution in [0.25, 0.3) is 6.08 Å². The summed E-state index contributed by atoms with van der Waals surface area (Å²) in [6.07, 6.45) is 12.6. The lowest BCUT2D eigenvalue weighted by atomic mass is 9.43. The Balaban J connectivity index is 1.00. The first kappa shape index (κ1) is 31.6. The second-order valence-corrected chi connectivity index (χ2v) is 15.6. The van der Waals surface area contributed by atoms with Gasteiger partial charge < -0.3 is 25.1 Å². The molecule has 5 fully saturated rings.